The lowest BCUT2D eigenvalue weighted by atomic mass is 9.72. The van der Waals surface area contributed by atoms with Gasteiger partial charge in [0, 0.05) is 32.6 Å². The molecule has 0 radical (unpaired) electrons. The van der Waals surface area contributed by atoms with Crippen molar-refractivity contribution in [1.82, 2.24) is 9.80 Å². The van der Waals surface area contributed by atoms with Crippen LogP contribution in [0.25, 0.3) is 0 Å². The zero-order chi connectivity index (χ0) is 18.1. The highest BCUT2D eigenvalue weighted by Gasteiger charge is 2.42. The van der Waals surface area contributed by atoms with Crippen LogP contribution in [0.1, 0.15) is 49.1 Å². The molecule has 4 heteroatoms. The van der Waals surface area contributed by atoms with E-state index < -0.39 is 0 Å². The summed E-state index contributed by atoms with van der Waals surface area (Å²) in [5.41, 5.74) is 2.77. The number of benzene rings is 1. The number of carbonyl (C=O) groups is 2. The van der Waals surface area contributed by atoms with E-state index in [1.165, 1.54) is 11.1 Å². The van der Waals surface area contributed by atoms with Crippen molar-refractivity contribution in [3.8, 4) is 0 Å². The third-order valence-electron chi connectivity index (χ3n) is 6.66. The zero-order valence-electron chi connectivity index (χ0n) is 15.5. The Morgan fingerprint density at radius 2 is 1.96 bits per heavy atom. The molecule has 2 amide bonds. The van der Waals surface area contributed by atoms with E-state index in [1.54, 1.807) is 0 Å². The Bertz CT molecular complexity index is 719. The summed E-state index contributed by atoms with van der Waals surface area (Å²) in [5.74, 6) is 0.599. The van der Waals surface area contributed by atoms with Crippen LogP contribution in [0.4, 0.5) is 0 Å². The van der Waals surface area contributed by atoms with Crippen molar-refractivity contribution in [2.45, 2.75) is 44.4 Å². The van der Waals surface area contributed by atoms with E-state index in [0.29, 0.717) is 18.9 Å². The van der Waals surface area contributed by atoms with Crippen molar-refractivity contribution in [2.75, 3.05) is 26.2 Å². The molecule has 2 aliphatic heterocycles. The third kappa shape index (κ3) is 3.06. The largest absolute Gasteiger partial charge is 0.342 e. The standard InChI is InChI=1S/C22H28N2O2/c1-2-13-24-16-22(10-9-20(24)25)11-14-23(15-12-22)21(26)19-8-7-17-5-3-4-6-18(17)19/h2-6,19H,1,7-16H2/t19-/m1/s1. The number of fused-ring (bicyclic) bond motifs is 1. The molecule has 26 heavy (non-hydrogen) atoms. The number of amides is 2. The first-order valence-electron chi connectivity index (χ1n) is 9.87. The number of nitrogens with zero attached hydrogens (tertiary/aromatic N) is 2. The number of piperidine rings is 2. The van der Waals surface area contributed by atoms with Crippen LogP contribution in [0.15, 0.2) is 36.9 Å². The van der Waals surface area contributed by atoms with Crippen LogP contribution < -0.4 is 0 Å². The van der Waals surface area contributed by atoms with Crippen molar-refractivity contribution < 1.29 is 9.59 Å². The van der Waals surface area contributed by atoms with E-state index in [9.17, 15) is 9.59 Å². The zero-order valence-corrected chi connectivity index (χ0v) is 15.5. The molecule has 1 spiro atoms. The predicted molar refractivity (Wildman–Crippen MR) is 102 cm³/mol. The van der Waals surface area contributed by atoms with Crippen molar-refractivity contribution >= 4 is 11.8 Å². The van der Waals surface area contributed by atoms with Gasteiger partial charge in [0.15, 0.2) is 0 Å². The normalized spacial score (nSPS) is 24.6. The maximum Gasteiger partial charge on any atom is 0.230 e. The molecular formula is C22H28N2O2. The Balaban J connectivity index is 1.40. The number of rotatable bonds is 3. The summed E-state index contributed by atoms with van der Waals surface area (Å²) in [4.78, 5) is 29.2. The Morgan fingerprint density at radius 1 is 1.19 bits per heavy atom. The quantitative estimate of drug-likeness (QED) is 0.784. The molecule has 2 saturated heterocycles. The minimum Gasteiger partial charge on any atom is -0.342 e. The molecule has 4 nitrogen and oxygen atoms in total. The minimum atomic E-state index is 0.0467. The number of hydrogen-bond acceptors (Lipinski definition) is 2. The average molecular weight is 352 g/mol. The third-order valence-corrected chi connectivity index (χ3v) is 6.66. The molecule has 138 valence electrons. The number of hydrogen-bond donors (Lipinski definition) is 0. The van der Waals surface area contributed by atoms with Gasteiger partial charge in [-0.3, -0.25) is 9.59 Å². The van der Waals surface area contributed by atoms with Gasteiger partial charge < -0.3 is 9.80 Å². The van der Waals surface area contributed by atoms with Crippen LogP contribution in [0.3, 0.4) is 0 Å². The van der Waals surface area contributed by atoms with Crippen LogP contribution in [0.2, 0.25) is 0 Å². The first kappa shape index (κ1) is 17.3. The highest BCUT2D eigenvalue weighted by atomic mass is 16.2. The molecule has 1 aromatic carbocycles. The Kier molecular flexibility index (Phi) is 4.60. The van der Waals surface area contributed by atoms with Crippen molar-refractivity contribution in [3.05, 3.63) is 48.0 Å². The lowest BCUT2D eigenvalue weighted by Gasteiger charge is -2.47. The molecule has 1 atom stereocenters. The van der Waals surface area contributed by atoms with Crippen LogP contribution in [-0.2, 0) is 16.0 Å². The van der Waals surface area contributed by atoms with Crippen LogP contribution in [-0.4, -0.2) is 47.8 Å². The van der Waals surface area contributed by atoms with Gasteiger partial charge in [0.2, 0.25) is 11.8 Å². The second kappa shape index (κ2) is 6.90. The van der Waals surface area contributed by atoms with Crippen LogP contribution in [0.5, 0.6) is 0 Å². The first-order valence-corrected chi connectivity index (χ1v) is 9.87. The molecule has 2 fully saturated rings. The lowest BCUT2D eigenvalue weighted by Crippen LogP contribution is -2.52. The minimum absolute atomic E-state index is 0.0467. The van der Waals surface area contributed by atoms with E-state index in [4.69, 9.17) is 0 Å². The smallest absolute Gasteiger partial charge is 0.230 e. The Hall–Kier alpha value is -2.10. The fourth-order valence-electron chi connectivity index (χ4n) is 5.07. The van der Waals surface area contributed by atoms with Gasteiger partial charge in [0.25, 0.3) is 0 Å². The van der Waals surface area contributed by atoms with E-state index >= 15 is 0 Å². The van der Waals surface area contributed by atoms with Crippen molar-refractivity contribution in [1.29, 1.82) is 0 Å². The Morgan fingerprint density at radius 3 is 2.73 bits per heavy atom. The summed E-state index contributed by atoms with van der Waals surface area (Å²) < 4.78 is 0. The second-order valence-electron chi connectivity index (χ2n) is 8.18. The van der Waals surface area contributed by atoms with Crippen LogP contribution in [0, 0.1) is 5.41 Å². The molecule has 0 saturated carbocycles. The van der Waals surface area contributed by atoms with Gasteiger partial charge in [-0.25, -0.2) is 0 Å². The Labute approximate surface area is 155 Å². The number of likely N-dealkylation sites (tertiary alicyclic amines) is 2. The van der Waals surface area contributed by atoms with Crippen molar-refractivity contribution in [2.24, 2.45) is 5.41 Å². The molecule has 0 unspecified atom stereocenters. The average Bonchev–Trinajstić information content (AvgIpc) is 3.09. The van der Waals surface area contributed by atoms with Gasteiger partial charge in [-0.1, -0.05) is 30.3 Å². The monoisotopic (exact) mass is 352 g/mol. The maximum atomic E-state index is 13.1. The van der Waals surface area contributed by atoms with E-state index in [-0.39, 0.29) is 17.2 Å². The van der Waals surface area contributed by atoms with E-state index in [2.05, 4.69) is 29.7 Å². The topological polar surface area (TPSA) is 40.6 Å². The molecule has 0 bridgehead atoms. The molecule has 4 rings (SSSR count). The summed E-state index contributed by atoms with van der Waals surface area (Å²) >= 11 is 0. The van der Waals surface area contributed by atoms with Gasteiger partial charge in [0.05, 0.1) is 5.92 Å². The van der Waals surface area contributed by atoms with Crippen molar-refractivity contribution in [3.63, 3.8) is 0 Å². The van der Waals surface area contributed by atoms with Gasteiger partial charge in [-0.15, -0.1) is 6.58 Å². The van der Waals surface area contributed by atoms with Gasteiger partial charge >= 0.3 is 0 Å². The summed E-state index contributed by atoms with van der Waals surface area (Å²) in [6.45, 7) is 6.89. The van der Waals surface area contributed by atoms with E-state index in [0.717, 1.165) is 51.7 Å². The molecule has 1 aliphatic carbocycles. The second-order valence-corrected chi connectivity index (χ2v) is 8.18. The summed E-state index contributed by atoms with van der Waals surface area (Å²) in [6, 6.07) is 8.38. The number of aryl methyl sites for hydroxylation is 1. The summed E-state index contributed by atoms with van der Waals surface area (Å²) in [5, 5.41) is 0. The molecule has 1 aromatic rings. The van der Waals surface area contributed by atoms with Gasteiger partial charge in [-0.05, 0) is 48.6 Å². The fourth-order valence-corrected chi connectivity index (χ4v) is 5.07. The molecule has 0 N–H and O–H groups in total. The fraction of sp³-hybridized carbons (Fsp3) is 0.545. The molecule has 3 aliphatic rings. The highest BCUT2D eigenvalue weighted by Crippen LogP contribution is 2.42. The molecular weight excluding hydrogens is 324 g/mol. The van der Waals surface area contributed by atoms with Crippen LogP contribution >= 0.6 is 0 Å². The summed E-state index contributed by atoms with van der Waals surface area (Å²) in [6.07, 6.45) is 7.39. The van der Waals surface area contributed by atoms with E-state index in [1.807, 2.05) is 17.0 Å². The summed E-state index contributed by atoms with van der Waals surface area (Å²) in [7, 11) is 0. The van der Waals surface area contributed by atoms with Gasteiger partial charge in [0.1, 0.15) is 0 Å². The molecule has 0 aromatic heterocycles. The first-order chi connectivity index (χ1) is 12.6. The highest BCUT2D eigenvalue weighted by molar-refractivity contribution is 5.85. The molecule has 2 heterocycles. The van der Waals surface area contributed by atoms with Gasteiger partial charge in [-0.2, -0.15) is 0 Å². The maximum absolute atomic E-state index is 13.1. The predicted octanol–water partition coefficient (Wildman–Crippen LogP) is 3.13. The lowest BCUT2D eigenvalue weighted by molar-refractivity contribution is -0.142. The number of carbonyl (C=O) groups excluding carboxylic acids is 2. The SMILES string of the molecule is C=CCN1CC2(CCC1=O)CCN(C(=O)[C@@H]1CCc3ccccc31)CC2.